The molecule has 0 N–H and O–H groups in total. The van der Waals surface area contributed by atoms with E-state index in [4.69, 9.17) is 14.2 Å². The summed E-state index contributed by atoms with van der Waals surface area (Å²) in [6.07, 6.45) is 84.3. The zero-order valence-corrected chi connectivity index (χ0v) is 52.5. The van der Waals surface area contributed by atoms with Gasteiger partial charge in [0.25, 0.3) is 0 Å². The van der Waals surface area contributed by atoms with E-state index in [9.17, 15) is 14.4 Å². The Labute approximate surface area is 486 Å². The summed E-state index contributed by atoms with van der Waals surface area (Å²) in [4.78, 5) is 38.3. The Bertz CT molecular complexity index is 1350. The minimum Gasteiger partial charge on any atom is -0.462 e. The van der Waals surface area contributed by atoms with Crippen LogP contribution in [0.1, 0.15) is 374 Å². The molecule has 0 aliphatic heterocycles. The van der Waals surface area contributed by atoms with Crippen LogP contribution in [-0.4, -0.2) is 37.2 Å². The molecule has 78 heavy (non-hydrogen) atoms. The summed E-state index contributed by atoms with van der Waals surface area (Å²) in [5.74, 6) is -0.857. The highest BCUT2D eigenvalue weighted by Crippen LogP contribution is 2.18. The number of carbonyl (C=O) groups excluding carboxylic acids is 3. The maximum atomic E-state index is 12.9. The Balaban J connectivity index is 4.13. The van der Waals surface area contributed by atoms with Gasteiger partial charge in [-0.25, -0.2) is 0 Å². The number of hydrogen-bond acceptors (Lipinski definition) is 6. The van der Waals surface area contributed by atoms with Crippen LogP contribution in [0.5, 0.6) is 0 Å². The molecule has 0 aromatic heterocycles. The van der Waals surface area contributed by atoms with Gasteiger partial charge in [0.05, 0.1) is 0 Å². The molecular formula is C72H132O6. The minimum absolute atomic E-state index is 0.0707. The smallest absolute Gasteiger partial charge is 0.306 e. The van der Waals surface area contributed by atoms with E-state index in [2.05, 4.69) is 69.4 Å². The Morgan fingerprint density at radius 3 is 0.769 bits per heavy atom. The Morgan fingerprint density at radius 1 is 0.256 bits per heavy atom. The van der Waals surface area contributed by atoms with E-state index in [1.807, 2.05) is 0 Å². The highest BCUT2D eigenvalue weighted by molar-refractivity contribution is 5.71. The molecule has 0 bridgehead atoms. The summed E-state index contributed by atoms with van der Waals surface area (Å²) in [5, 5.41) is 0. The van der Waals surface area contributed by atoms with Crippen molar-refractivity contribution in [3.8, 4) is 0 Å². The molecule has 0 fully saturated rings. The van der Waals surface area contributed by atoms with E-state index in [0.717, 1.165) is 77.0 Å². The minimum atomic E-state index is -0.773. The lowest BCUT2D eigenvalue weighted by molar-refractivity contribution is -0.167. The lowest BCUT2D eigenvalue weighted by Gasteiger charge is -2.18. The van der Waals surface area contributed by atoms with Crippen LogP contribution < -0.4 is 0 Å². The van der Waals surface area contributed by atoms with Gasteiger partial charge >= 0.3 is 17.9 Å². The van der Waals surface area contributed by atoms with Gasteiger partial charge in [-0.2, -0.15) is 0 Å². The highest BCUT2D eigenvalue weighted by atomic mass is 16.6. The molecule has 0 heterocycles. The van der Waals surface area contributed by atoms with Gasteiger partial charge in [0.2, 0.25) is 0 Å². The van der Waals surface area contributed by atoms with Crippen molar-refractivity contribution in [2.24, 2.45) is 0 Å². The zero-order valence-electron chi connectivity index (χ0n) is 52.5. The summed E-state index contributed by atoms with van der Waals surface area (Å²) < 4.78 is 16.9. The van der Waals surface area contributed by atoms with Crippen molar-refractivity contribution in [2.75, 3.05) is 13.2 Å². The molecule has 1 unspecified atom stereocenters. The number of unbranched alkanes of at least 4 members (excludes halogenated alkanes) is 45. The first-order valence-corrected chi connectivity index (χ1v) is 34.6. The van der Waals surface area contributed by atoms with Crippen LogP contribution in [-0.2, 0) is 28.6 Å². The van der Waals surface area contributed by atoms with Crippen LogP contribution in [0.15, 0.2) is 48.6 Å². The number of hydrogen-bond donors (Lipinski definition) is 0. The van der Waals surface area contributed by atoms with Crippen LogP contribution in [0.2, 0.25) is 0 Å². The Morgan fingerprint density at radius 2 is 0.474 bits per heavy atom. The standard InChI is InChI=1S/C72H132O6/c1-4-7-10-13-16-19-22-24-26-28-30-31-32-33-34-35-36-37-38-39-40-41-42-44-45-47-50-53-56-59-62-65-71(74)77-68-69(67-76-70(73)64-61-58-55-52-49-21-18-15-12-9-6-3)78-72(75)66-63-60-57-54-51-48-46-43-29-27-25-23-20-17-14-11-8-5-2/h15,18,22,24,28,30,32-33,69H,4-14,16-17,19-21,23,25-27,29,31,34-68H2,1-3H3/b18-15-,24-22-,30-28-,33-32-. The van der Waals surface area contributed by atoms with Crippen LogP contribution >= 0.6 is 0 Å². The zero-order chi connectivity index (χ0) is 56.4. The molecule has 0 saturated carbocycles. The molecule has 6 heteroatoms. The second-order valence-corrected chi connectivity index (χ2v) is 23.4. The molecule has 0 aromatic rings. The molecule has 1 atom stereocenters. The van der Waals surface area contributed by atoms with E-state index < -0.39 is 6.10 Å². The normalized spacial score (nSPS) is 12.3. The fourth-order valence-corrected chi connectivity index (χ4v) is 10.3. The quantitative estimate of drug-likeness (QED) is 0.0261. The van der Waals surface area contributed by atoms with E-state index >= 15 is 0 Å². The van der Waals surface area contributed by atoms with Crippen molar-refractivity contribution in [3.63, 3.8) is 0 Å². The van der Waals surface area contributed by atoms with Crippen molar-refractivity contribution in [1.82, 2.24) is 0 Å². The molecule has 0 saturated heterocycles. The van der Waals surface area contributed by atoms with Gasteiger partial charge in [-0.05, 0) is 77.0 Å². The monoisotopic (exact) mass is 1090 g/mol. The average Bonchev–Trinajstić information content (AvgIpc) is 3.44. The molecule has 0 spiro atoms. The first-order valence-electron chi connectivity index (χ1n) is 34.6. The second kappa shape index (κ2) is 66.9. The Hall–Kier alpha value is -2.63. The van der Waals surface area contributed by atoms with Crippen molar-refractivity contribution in [2.45, 2.75) is 380 Å². The van der Waals surface area contributed by atoms with Crippen molar-refractivity contribution < 1.29 is 28.6 Å². The first-order chi connectivity index (χ1) is 38.5. The summed E-state index contributed by atoms with van der Waals surface area (Å²) in [5.41, 5.74) is 0. The highest BCUT2D eigenvalue weighted by Gasteiger charge is 2.19. The van der Waals surface area contributed by atoms with Gasteiger partial charge in [0.1, 0.15) is 13.2 Å². The Kier molecular flexibility index (Phi) is 64.6. The number of allylic oxidation sites excluding steroid dienone is 8. The fourth-order valence-electron chi connectivity index (χ4n) is 10.3. The van der Waals surface area contributed by atoms with Crippen molar-refractivity contribution in [1.29, 1.82) is 0 Å². The summed E-state index contributed by atoms with van der Waals surface area (Å²) in [6.45, 7) is 6.64. The van der Waals surface area contributed by atoms with E-state index in [-0.39, 0.29) is 31.1 Å². The number of esters is 3. The number of rotatable bonds is 64. The first kappa shape index (κ1) is 75.4. The van der Waals surface area contributed by atoms with Crippen LogP contribution in [0.4, 0.5) is 0 Å². The van der Waals surface area contributed by atoms with Crippen LogP contribution in [0.3, 0.4) is 0 Å². The molecular weight excluding hydrogens is 961 g/mol. The maximum Gasteiger partial charge on any atom is 0.306 e. The third-order valence-electron chi connectivity index (χ3n) is 15.6. The molecule has 0 aromatic carbocycles. The van der Waals surface area contributed by atoms with E-state index in [1.54, 1.807) is 0 Å². The summed E-state index contributed by atoms with van der Waals surface area (Å²) in [7, 11) is 0. The van der Waals surface area contributed by atoms with Gasteiger partial charge in [0.15, 0.2) is 6.10 Å². The molecule has 0 aliphatic carbocycles. The van der Waals surface area contributed by atoms with Gasteiger partial charge in [-0.15, -0.1) is 0 Å². The maximum absolute atomic E-state index is 12.9. The van der Waals surface area contributed by atoms with Gasteiger partial charge < -0.3 is 14.2 Å². The molecule has 456 valence electrons. The van der Waals surface area contributed by atoms with Crippen molar-refractivity contribution >= 4 is 17.9 Å². The SMILES string of the molecule is CCCC/C=C\CCCCCCCC(=O)OCC(COC(=O)CCCCCCCCCCCCCCCCCC/C=C\C/C=C\C/C=C\CCCCCCC)OC(=O)CCCCCCCCCCCCCCCCCCCC. The van der Waals surface area contributed by atoms with Gasteiger partial charge in [0, 0.05) is 19.3 Å². The third kappa shape index (κ3) is 64.2. The summed E-state index contributed by atoms with van der Waals surface area (Å²) >= 11 is 0. The number of carbonyl (C=O) groups is 3. The molecule has 0 rings (SSSR count). The largest absolute Gasteiger partial charge is 0.462 e. The van der Waals surface area contributed by atoms with Crippen LogP contribution in [0, 0.1) is 0 Å². The fraction of sp³-hybridized carbons (Fsp3) is 0.847. The van der Waals surface area contributed by atoms with Crippen LogP contribution in [0.25, 0.3) is 0 Å². The number of ether oxygens (including phenoxy) is 3. The second-order valence-electron chi connectivity index (χ2n) is 23.4. The van der Waals surface area contributed by atoms with Gasteiger partial charge in [-0.3, -0.25) is 14.4 Å². The topological polar surface area (TPSA) is 78.9 Å². The average molecular weight is 1090 g/mol. The molecule has 6 nitrogen and oxygen atoms in total. The van der Waals surface area contributed by atoms with Crippen molar-refractivity contribution in [3.05, 3.63) is 48.6 Å². The summed E-state index contributed by atoms with van der Waals surface area (Å²) in [6, 6.07) is 0. The predicted molar refractivity (Wildman–Crippen MR) is 339 cm³/mol. The van der Waals surface area contributed by atoms with E-state index in [0.29, 0.717) is 19.3 Å². The lowest BCUT2D eigenvalue weighted by Crippen LogP contribution is -2.30. The third-order valence-corrected chi connectivity index (χ3v) is 15.6. The van der Waals surface area contributed by atoms with Gasteiger partial charge in [-0.1, -0.05) is 326 Å². The molecule has 0 radical (unpaired) electrons. The molecule has 0 aliphatic rings. The lowest BCUT2D eigenvalue weighted by atomic mass is 10.0. The predicted octanol–water partition coefficient (Wildman–Crippen LogP) is 23.7. The molecule has 0 amide bonds. The van der Waals surface area contributed by atoms with E-state index in [1.165, 1.54) is 257 Å².